The molecule has 0 radical (unpaired) electrons. The average Bonchev–Trinajstić information content (AvgIpc) is 2.58. The molecule has 0 aromatic carbocycles. The van der Waals surface area contributed by atoms with Gasteiger partial charge in [-0.1, -0.05) is 6.92 Å². The van der Waals surface area contributed by atoms with Crippen molar-refractivity contribution in [2.75, 3.05) is 19.8 Å². The van der Waals surface area contributed by atoms with Crippen LogP contribution in [-0.2, 0) is 11.3 Å². The van der Waals surface area contributed by atoms with Crippen LogP contribution in [0, 0.1) is 0 Å². The van der Waals surface area contributed by atoms with Crippen LogP contribution in [0.25, 0.3) is 0 Å². The Labute approximate surface area is 97.8 Å². The van der Waals surface area contributed by atoms with Crippen LogP contribution in [0.3, 0.4) is 0 Å². The zero-order chi connectivity index (χ0) is 10.2. The SMILES string of the molecule is CCCOCCNCc1sccc1Br. The van der Waals surface area contributed by atoms with Crippen molar-refractivity contribution in [2.45, 2.75) is 19.9 Å². The predicted molar refractivity (Wildman–Crippen MR) is 64.8 cm³/mol. The highest BCUT2D eigenvalue weighted by Crippen LogP contribution is 2.21. The van der Waals surface area contributed by atoms with E-state index in [9.17, 15) is 0 Å². The Morgan fingerprint density at radius 1 is 1.50 bits per heavy atom. The highest BCUT2D eigenvalue weighted by Gasteiger charge is 1.99. The molecule has 80 valence electrons. The van der Waals surface area contributed by atoms with Crippen molar-refractivity contribution < 1.29 is 4.74 Å². The number of hydrogen-bond acceptors (Lipinski definition) is 3. The van der Waals surface area contributed by atoms with Crippen molar-refractivity contribution in [3.05, 3.63) is 20.8 Å². The second-order valence-electron chi connectivity index (χ2n) is 2.98. The van der Waals surface area contributed by atoms with E-state index in [0.29, 0.717) is 0 Å². The normalized spacial score (nSPS) is 10.7. The lowest BCUT2D eigenvalue weighted by Gasteiger charge is -2.04. The van der Waals surface area contributed by atoms with Crippen molar-refractivity contribution in [3.63, 3.8) is 0 Å². The number of halogens is 1. The molecule has 14 heavy (non-hydrogen) atoms. The van der Waals surface area contributed by atoms with E-state index in [1.54, 1.807) is 11.3 Å². The van der Waals surface area contributed by atoms with Crippen molar-refractivity contribution >= 4 is 27.3 Å². The average molecular weight is 278 g/mol. The fourth-order valence-electron chi connectivity index (χ4n) is 1.04. The summed E-state index contributed by atoms with van der Waals surface area (Å²) >= 11 is 5.27. The summed E-state index contributed by atoms with van der Waals surface area (Å²) in [7, 11) is 0. The van der Waals surface area contributed by atoms with Gasteiger partial charge in [0.15, 0.2) is 0 Å². The zero-order valence-corrected chi connectivity index (χ0v) is 10.8. The molecule has 0 amide bonds. The Bertz CT molecular complexity index is 252. The fourth-order valence-corrected chi connectivity index (χ4v) is 2.51. The van der Waals surface area contributed by atoms with E-state index in [-0.39, 0.29) is 0 Å². The molecule has 0 fully saturated rings. The van der Waals surface area contributed by atoms with E-state index < -0.39 is 0 Å². The third kappa shape index (κ3) is 4.55. The summed E-state index contributed by atoms with van der Waals surface area (Å²) in [6.07, 6.45) is 1.09. The maximum Gasteiger partial charge on any atom is 0.0591 e. The highest BCUT2D eigenvalue weighted by molar-refractivity contribution is 9.10. The molecule has 0 unspecified atom stereocenters. The van der Waals surface area contributed by atoms with Crippen molar-refractivity contribution in [1.29, 1.82) is 0 Å². The molecule has 2 nitrogen and oxygen atoms in total. The molecule has 1 N–H and O–H groups in total. The minimum atomic E-state index is 0.802. The number of rotatable bonds is 7. The summed E-state index contributed by atoms with van der Waals surface area (Å²) in [4.78, 5) is 1.35. The van der Waals surface area contributed by atoms with Crippen molar-refractivity contribution in [2.24, 2.45) is 0 Å². The first-order valence-corrected chi connectivity index (χ1v) is 6.52. The first kappa shape index (κ1) is 12.2. The highest BCUT2D eigenvalue weighted by atomic mass is 79.9. The summed E-state index contributed by atoms with van der Waals surface area (Å²) < 4.78 is 6.56. The Morgan fingerprint density at radius 3 is 3.00 bits per heavy atom. The first-order valence-electron chi connectivity index (χ1n) is 4.85. The van der Waals surface area contributed by atoms with E-state index in [1.807, 2.05) is 0 Å². The second kappa shape index (κ2) is 7.40. The van der Waals surface area contributed by atoms with Crippen LogP contribution in [0.1, 0.15) is 18.2 Å². The van der Waals surface area contributed by atoms with Gasteiger partial charge in [0.1, 0.15) is 0 Å². The van der Waals surface area contributed by atoms with Gasteiger partial charge in [-0.2, -0.15) is 0 Å². The zero-order valence-electron chi connectivity index (χ0n) is 8.38. The Balaban J connectivity index is 2.02. The molecule has 0 spiro atoms. The molecule has 0 aliphatic heterocycles. The number of ether oxygens (including phenoxy) is 1. The van der Waals surface area contributed by atoms with Gasteiger partial charge in [0, 0.05) is 29.0 Å². The van der Waals surface area contributed by atoms with Gasteiger partial charge in [0.05, 0.1) is 6.61 Å². The molecule has 1 heterocycles. The summed E-state index contributed by atoms with van der Waals surface area (Å²) in [5.41, 5.74) is 0. The van der Waals surface area contributed by atoms with E-state index in [1.165, 1.54) is 9.35 Å². The van der Waals surface area contributed by atoms with Gasteiger partial charge < -0.3 is 10.1 Å². The molecular formula is C10H16BrNOS. The fraction of sp³-hybridized carbons (Fsp3) is 0.600. The van der Waals surface area contributed by atoms with Gasteiger partial charge >= 0.3 is 0 Å². The largest absolute Gasteiger partial charge is 0.380 e. The van der Waals surface area contributed by atoms with Gasteiger partial charge in [-0.25, -0.2) is 0 Å². The van der Waals surface area contributed by atoms with Gasteiger partial charge in [0.2, 0.25) is 0 Å². The van der Waals surface area contributed by atoms with Gasteiger partial charge in [0.25, 0.3) is 0 Å². The number of nitrogens with one attached hydrogen (secondary N) is 1. The molecular weight excluding hydrogens is 262 g/mol. The van der Waals surface area contributed by atoms with Gasteiger partial charge in [-0.3, -0.25) is 0 Å². The third-order valence-electron chi connectivity index (χ3n) is 1.75. The smallest absolute Gasteiger partial charge is 0.0591 e. The Hall–Kier alpha value is 0.100. The quantitative estimate of drug-likeness (QED) is 0.774. The summed E-state index contributed by atoms with van der Waals surface area (Å²) in [5.74, 6) is 0. The minimum Gasteiger partial charge on any atom is -0.380 e. The van der Waals surface area contributed by atoms with Crippen LogP contribution in [0.2, 0.25) is 0 Å². The van der Waals surface area contributed by atoms with E-state index in [0.717, 1.165) is 32.7 Å². The van der Waals surface area contributed by atoms with Crippen LogP contribution in [0.5, 0.6) is 0 Å². The minimum absolute atomic E-state index is 0.802. The lowest BCUT2D eigenvalue weighted by molar-refractivity contribution is 0.136. The lowest BCUT2D eigenvalue weighted by atomic mass is 10.4. The molecule has 0 saturated heterocycles. The third-order valence-corrected chi connectivity index (χ3v) is 3.67. The molecule has 1 aromatic heterocycles. The standard InChI is InChI=1S/C10H16BrNOS/c1-2-5-13-6-4-12-8-10-9(11)3-7-14-10/h3,7,12H,2,4-6,8H2,1H3. The molecule has 0 bridgehead atoms. The van der Waals surface area contributed by atoms with E-state index in [2.05, 4.69) is 39.6 Å². The number of hydrogen-bond donors (Lipinski definition) is 1. The van der Waals surface area contributed by atoms with Gasteiger partial charge in [-0.05, 0) is 33.8 Å². The van der Waals surface area contributed by atoms with Crippen molar-refractivity contribution in [1.82, 2.24) is 5.32 Å². The monoisotopic (exact) mass is 277 g/mol. The topological polar surface area (TPSA) is 21.3 Å². The van der Waals surface area contributed by atoms with E-state index >= 15 is 0 Å². The van der Waals surface area contributed by atoms with Gasteiger partial charge in [-0.15, -0.1) is 11.3 Å². The first-order chi connectivity index (χ1) is 6.84. The molecule has 1 rings (SSSR count). The van der Waals surface area contributed by atoms with Crippen LogP contribution in [-0.4, -0.2) is 19.8 Å². The molecule has 1 aromatic rings. The number of thiophene rings is 1. The lowest BCUT2D eigenvalue weighted by Crippen LogP contribution is -2.19. The molecule has 0 saturated carbocycles. The second-order valence-corrected chi connectivity index (χ2v) is 4.84. The van der Waals surface area contributed by atoms with Crippen LogP contribution in [0.4, 0.5) is 0 Å². The Morgan fingerprint density at radius 2 is 2.36 bits per heavy atom. The van der Waals surface area contributed by atoms with Crippen LogP contribution in [0.15, 0.2) is 15.9 Å². The maximum absolute atomic E-state index is 5.36. The summed E-state index contributed by atoms with van der Waals surface area (Å²) in [5, 5.41) is 5.43. The molecule has 0 atom stereocenters. The molecule has 0 aliphatic rings. The summed E-state index contributed by atoms with van der Waals surface area (Å²) in [6.45, 7) is 5.63. The molecule has 0 aliphatic carbocycles. The summed E-state index contributed by atoms with van der Waals surface area (Å²) in [6, 6.07) is 2.08. The molecule has 4 heteroatoms. The van der Waals surface area contributed by atoms with Crippen LogP contribution < -0.4 is 5.32 Å². The Kier molecular flexibility index (Phi) is 6.43. The van der Waals surface area contributed by atoms with Crippen molar-refractivity contribution in [3.8, 4) is 0 Å². The predicted octanol–water partition coefficient (Wildman–Crippen LogP) is 3.03. The maximum atomic E-state index is 5.36. The van der Waals surface area contributed by atoms with Crippen LogP contribution >= 0.6 is 27.3 Å². The van der Waals surface area contributed by atoms with E-state index in [4.69, 9.17) is 4.74 Å².